The van der Waals surface area contributed by atoms with E-state index in [4.69, 9.17) is 18.0 Å². The van der Waals surface area contributed by atoms with Crippen molar-refractivity contribution in [1.82, 2.24) is 10.3 Å². The lowest BCUT2D eigenvalue weighted by molar-refractivity contribution is 0.0947. The summed E-state index contributed by atoms with van der Waals surface area (Å²) in [5.74, 6) is 0.737. The Morgan fingerprint density at radius 1 is 1.40 bits per heavy atom. The first-order valence-electron chi connectivity index (χ1n) is 7.21. The summed E-state index contributed by atoms with van der Waals surface area (Å²) in [6, 6.07) is 3.38. The average Bonchev–Trinajstić information content (AvgIpc) is 2.96. The molecule has 0 spiro atoms. The number of amides is 1. The van der Waals surface area contributed by atoms with E-state index in [2.05, 4.69) is 10.3 Å². The monoisotopic (exact) mass is 291 g/mol. The molecule has 0 bridgehead atoms. The number of nitrogens with two attached hydrogens (primary N) is 1. The van der Waals surface area contributed by atoms with Crippen LogP contribution < -0.4 is 11.1 Å². The van der Waals surface area contributed by atoms with E-state index in [-0.39, 0.29) is 5.91 Å². The third kappa shape index (κ3) is 4.27. The standard InChI is InChI=1S/C15H21N3OS/c16-14(20)12-7-8-13(18-10-12)15(19)17-9-3-6-11-4-1-2-5-11/h7-8,10-11H,1-6,9H2,(H2,16,20)(H,17,19). The largest absolute Gasteiger partial charge is 0.389 e. The van der Waals surface area contributed by atoms with Gasteiger partial charge in [-0.25, -0.2) is 0 Å². The first-order chi connectivity index (χ1) is 9.66. The molecule has 0 atom stereocenters. The summed E-state index contributed by atoms with van der Waals surface area (Å²) in [6.07, 6.45) is 9.25. The fraction of sp³-hybridized carbons (Fsp3) is 0.533. The minimum Gasteiger partial charge on any atom is -0.389 e. The van der Waals surface area contributed by atoms with Crippen LogP contribution in [0.5, 0.6) is 0 Å². The first-order valence-corrected chi connectivity index (χ1v) is 7.61. The predicted molar refractivity (Wildman–Crippen MR) is 83.6 cm³/mol. The van der Waals surface area contributed by atoms with Crippen LogP contribution in [0.15, 0.2) is 18.3 Å². The van der Waals surface area contributed by atoms with Crippen molar-refractivity contribution in [3.63, 3.8) is 0 Å². The SMILES string of the molecule is NC(=S)c1ccc(C(=O)NCCCC2CCCC2)nc1. The molecular formula is C15H21N3OS. The van der Waals surface area contributed by atoms with Gasteiger partial charge in [-0.3, -0.25) is 9.78 Å². The van der Waals surface area contributed by atoms with Crippen molar-refractivity contribution >= 4 is 23.1 Å². The van der Waals surface area contributed by atoms with Crippen molar-refractivity contribution in [3.8, 4) is 0 Å². The number of nitrogens with zero attached hydrogens (tertiary/aromatic N) is 1. The van der Waals surface area contributed by atoms with Crippen molar-refractivity contribution in [2.45, 2.75) is 38.5 Å². The summed E-state index contributed by atoms with van der Waals surface area (Å²) in [6.45, 7) is 0.716. The number of carbonyl (C=O) groups is 1. The molecule has 2 rings (SSSR count). The Morgan fingerprint density at radius 3 is 2.75 bits per heavy atom. The first kappa shape index (κ1) is 14.9. The topological polar surface area (TPSA) is 68.0 Å². The summed E-state index contributed by atoms with van der Waals surface area (Å²) in [5.41, 5.74) is 6.58. The van der Waals surface area contributed by atoms with Crippen LogP contribution in [0.4, 0.5) is 0 Å². The quantitative estimate of drug-likeness (QED) is 0.624. The second kappa shape index (κ2) is 7.33. The molecule has 1 heterocycles. The Balaban J connectivity index is 1.72. The number of aromatic nitrogens is 1. The molecule has 1 amide bonds. The van der Waals surface area contributed by atoms with Gasteiger partial charge in [0.05, 0.1) is 0 Å². The van der Waals surface area contributed by atoms with E-state index in [0.717, 1.165) is 12.3 Å². The lowest BCUT2D eigenvalue weighted by Crippen LogP contribution is -2.25. The normalized spacial score (nSPS) is 15.2. The van der Waals surface area contributed by atoms with Gasteiger partial charge in [-0.15, -0.1) is 0 Å². The number of thiocarbonyl (C=S) groups is 1. The number of hydrogen-bond acceptors (Lipinski definition) is 3. The molecule has 1 saturated carbocycles. The second-order valence-corrected chi connectivity index (χ2v) is 5.78. The van der Waals surface area contributed by atoms with Gasteiger partial charge in [-0.1, -0.05) is 37.9 Å². The highest BCUT2D eigenvalue weighted by Gasteiger charge is 2.14. The zero-order chi connectivity index (χ0) is 14.4. The summed E-state index contributed by atoms with van der Waals surface area (Å²) in [5, 5.41) is 2.91. The van der Waals surface area contributed by atoms with E-state index in [0.29, 0.717) is 22.8 Å². The van der Waals surface area contributed by atoms with Gasteiger partial charge in [-0.2, -0.15) is 0 Å². The Morgan fingerprint density at radius 2 is 2.15 bits per heavy atom. The molecule has 1 fully saturated rings. The molecule has 1 aliphatic carbocycles. The zero-order valence-corrected chi connectivity index (χ0v) is 12.4. The number of nitrogens with one attached hydrogen (secondary N) is 1. The maximum Gasteiger partial charge on any atom is 0.269 e. The van der Waals surface area contributed by atoms with E-state index in [1.165, 1.54) is 38.3 Å². The van der Waals surface area contributed by atoms with Crippen LogP contribution in [0.1, 0.15) is 54.6 Å². The minimum absolute atomic E-state index is 0.133. The zero-order valence-electron chi connectivity index (χ0n) is 11.6. The summed E-state index contributed by atoms with van der Waals surface area (Å²) in [7, 11) is 0. The Bertz CT molecular complexity index is 467. The fourth-order valence-electron chi connectivity index (χ4n) is 2.66. The van der Waals surface area contributed by atoms with Crippen LogP contribution in [0, 0.1) is 5.92 Å². The molecule has 0 aliphatic heterocycles. The predicted octanol–water partition coefficient (Wildman–Crippen LogP) is 2.42. The molecule has 0 aromatic carbocycles. The van der Waals surface area contributed by atoms with Crippen LogP contribution in [-0.4, -0.2) is 22.4 Å². The van der Waals surface area contributed by atoms with Gasteiger partial charge in [0, 0.05) is 18.3 Å². The average molecular weight is 291 g/mol. The van der Waals surface area contributed by atoms with Gasteiger partial charge in [0.15, 0.2) is 0 Å². The molecular weight excluding hydrogens is 270 g/mol. The van der Waals surface area contributed by atoms with Gasteiger partial charge in [0.2, 0.25) is 0 Å². The van der Waals surface area contributed by atoms with Gasteiger partial charge in [0.25, 0.3) is 5.91 Å². The molecule has 108 valence electrons. The smallest absolute Gasteiger partial charge is 0.269 e. The minimum atomic E-state index is -0.133. The molecule has 3 N–H and O–H groups in total. The highest BCUT2D eigenvalue weighted by Crippen LogP contribution is 2.28. The molecule has 0 radical (unpaired) electrons. The summed E-state index contributed by atoms with van der Waals surface area (Å²) in [4.78, 5) is 16.3. The van der Waals surface area contributed by atoms with E-state index in [1.807, 2.05) is 0 Å². The Labute approximate surface area is 125 Å². The maximum atomic E-state index is 11.9. The van der Waals surface area contributed by atoms with E-state index in [1.54, 1.807) is 12.1 Å². The fourth-order valence-corrected chi connectivity index (χ4v) is 2.78. The number of rotatable bonds is 6. The van der Waals surface area contributed by atoms with Gasteiger partial charge < -0.3 is 11.1 Å². The highest BCUT2D eigenvalue weighted by atomic mass is 32.1. The van der Waals surface area contributed by atoms with Crippen molar-refractivity contribution in [2.75, 3.05) is 6.54 Å². The molecule has 1 aliphatic rings. The molecule has 4 nitrogen and oxygen atoms in total. The lowest BCUT2D eigenvalue weighted by Gasteiger charge is -2.09. The Kier molecular flexibility index (Phi) is 5.47. The van der Waals surface area contributed by atoms with Crippen molar-refractivity contribution < 1.29 is 4.79 Å². The number of hydrogen-bond donors (Lipinski definition) is 2. The van der Waals surface area contributed by atoms with Crippen molar-refractivity contribution in [3.05, 3.63) is 29.6 Å². The van der Waals surface area contributed by atoms with Crippen molar-refractivity contribution in [1.29, 1.82) is 0 Å². The van der Waals surface area contributed by atoms with Gasteiger partial charge >= 0.3 is 0 Å². The molecule has 0 saturated heterocycles. The lowest BCUT2D eigenvalue weighted by atomic mass is 10.0. The third-order valence-electron chi connectivity index (χ3n) is 3.83. The van der Waals surface area contributed by atoms with Crippen LogP contribution in [-0.2, 0) is 0 Å². The molecule has 20 heavy (non-hydrogen) atoms. The van der Waals surface area contributed by atoms with Crippen LogP contribution in [0.2, 0.25) is 0 Å². The number of carbonyl (C=O) groups excluding carboxylic acids is 1. The second-order valence-electron chi connectivity index (χ2n) is 5.34. The Hall–Kier alpha value is -1.49. The van der Waals surface area contributed by atoms with Crippen molar-refractivity contribution in [2.24, 2.45) is 11.7 Å². The van der Waals surface area contributed by atoms with Gasteiger partial charge in [0.1, 0.15) is 10.7 Å². The van der Waals surface area contributed by atoms with Crippen LogP contribution in [0.3, 0.4) is 0 Å². The van der Waals surface area contributed by atoms with E-state index < -0.39 is 0 Å². The van der Waals surface area contributed by atoms with Gasteiger partial charge in [-0.05, 0) is 30.9 Å². The maximum absolute atomic E-state index is 11.9. The van der Waals surface area contributed by atoms with Crippen LogP contribution in [0.25, 0.3) is 0 Å². The summed E-state index contributed by atoms with van der Waals surface area (Å²) < 4.78 is 0. The van der Waals surface area contributed by atoms with E-state index in [9.17, 15) is 4.79 Å². The molecule has 0 unspecified atom stereocenters. The van der Waals surface area contributed by atoms with Crippen LogP contribution >= 0.6 is 12.2 Å². The number of pyridine rings is 1. The summed E-state index contributed by atoms with van der Waals surface area (Å²) >= 11 is 4.85. The molecule has 1 aromatic rings. The molecule has 5 heteroatoms. The third-order valence-corrected chi connectivity index (χ3v) is 4.07. The molecule has 1 aromatic heterocycles. The highest BCUT2D eigenvalue weighted by molar-refractivity contribution is 7.80. The van der Waals surface area contributed by atoms with E-state index >= 15 is 0 Å².